The van der Waals surface area contributed by atoms with Gasteiger partial charge in [-0.2, -0.15) is 0 Å². The fourth-order valence-electron chi connectivity index (χ4n) is 2.13. The Hall–Kier alpha value is -0.570. The molecule has 0 aliphatic carbocycles. The van der Waals surface area contributed by atoms with E-state index in [9.17, 15) is 0 Å². The maximum atomic E-state index is 6.18. The number of likely N-dealkylation sites (N-methyl/N-ethyl adjacent to an activating group) is 1. The predicted molar refractivity (Wildman–Crippen MR) is 68.8 cm³/mol. The van der Waals surface area contributed by atoms with E-state index < -0.39 is 0 Å². The Labute approximate surface area is 103 Å². The highest BCUT2D eigenvalue weighted by molar-refractivity contribution is 6.31. The number of rotatable bonds is 2. The number of halogens is 1. The van der Waals surface area contributed by atoms with Gasteiger partial charge in [0.1, 0.15) is 0 Å². The SMILES string of the molecule is CN1CCCN(Cc2ccccc2Cl)CC1. The highest BCUT2D eigenvalue weighted by Gasteiger charge is 2.12. The van der Waals surface area contributed by atoms with E-state index in [0.29, 0.717) is 0 Å². The Morgan fingerprint density at radius 3 is 2.75 bits per heavy atom. The molecule has 0 aromatic heterocycles. The third kappa shape index (κ3) is 3.21. The molecule has 2 rings (SSSR count). The maximum absolute atomic E-state index is 6.18. The van der Waals surface area contributed by atoms with Crippen molar-refractivity contribution < 1.29 is 0 Å². The molecule has 0 bridgehead atoms. The second-order valence-corrected chi connectivity index (χ2v) is 4.93. The van der Waals surface area contributed by atoms with Gasteiger partial charge in [0.2, 0.25) is 0 Å². The molecule has 2 nitrogen and oxygen atoms in total. The van der Waals surface area contributed by atoms with Crippen LogP contribution in [0.2, 0.25) is 5.02 Å². The predicted octanol–water partition coefficient (Wildman–Crippen LogP) is 2.48. The summed E-state index contributed by atoms with van der Waals surface area (Å²) in [6.07, 6.45) is 1.25. The summed E-state index contributed by atoms with van der Waals surface area (Å²) in [5.74, 6) is 0. The van der Waals surface area contributed by atoms with Crippen molar-refractivity contribution >= 4 is 11.6 Å². The molecule has 1 fully saturated rings. The first-order valence-electron chi connectivity index (χ1n) is 5.90. The summed E-state index contributed by atoms with van der Waals surface area (Å²) in [7, 11) is 2.19. The van der Waals surface area contributed by atoms with Gasteiger partial charge in [0.15, 0.2) is 0 Å². The van der Waals surface area contributed by atoms with Crippen molar-refractivity contribution in [2.45, 2.75) is 13.0 Å². The summed E-state index contributed by atoms with van der Waals surface area (Å²) in [4.78, 5) is 4.89. The molecule has 0 spiro atoms. The number of hydrogen-bond donors (Lipinski definition) is 0. The number of hydrogen-bond acceptors (Lipinski definition) is 2. The summed E-state index contributed by atoms with van der Waals surface area (Å²) in [5, 5.41) is 0.889. The van der Waals surface area contributed by atoms with Crippen LogP contribution in [0, 0.1) is 0 Å². The van der Waals surface area contributed by atoms with Gasteiger partial charge in [-0.3, -0.25) is 4.90 Å². The quantitative estimate of drug-likeness (QED) is 0.781. The van der Waals surface area contributed by atoms with Crippen LogP contribution in [0.3, 0.4) is 0 Å². The van der Waals surface area contributed by atoms with Gasteiger partial charge in [0.05, 0.1) is 0 Å². The molecular formula is C13H19ClN2. The molecular weight excluding hydrogens is 220 g/mol. The highest BCUT2D eigenvalue weighted by atomic mass is 35.5. The van der Waals surface area contributed by atoms with E-state index in [1.54, 1.807) is 0 Å². The molecule has 88 valence electrons. The van der Waals surface area contributed by atoms with Crippen LogP contribution in [0.5, 0.6) is 0 Å². The van der Waals surface area contributed by atoms with Gasteiger partial charge >= 0.3 is 0 Å². The summed E-state index contributed by atoms with van der Waals surface area (Å²) >= 11 is 6.18. The number of benzene rings is 1. The monoisotopic (exact) mass is 238 g/mol. The Morgan fingerprint density at radius 2 is 1.94 bits per heavy atom. The highest BCUT2D eigenvalue weighted by Crippen LogP contribution is 2.17. The minimum atomic E-state index is 0.889. The molecule has 3 heteroatoms. The molecule has 0 atom stereocenters. The fraction of sp³-hybridized carbons (Fsp3) is 0.538. The van der Waals surface area contributed by atoms with E-state index in [4.69, 9.17) is 11.6 Å². The van der Waals surface area contributed by atoms with Crippen LogP contribution in [-0.2, 0) is 6.54 Å². The van der Waals surface area contributed by atoms with Gasteiger partial charge in [-0.15, -0.1) is 0 Å². The molecule has 0 radical (unpaired) electrons. The summed E-state index contributed by atoms with van der Waals surface area (Å²) in [6, 6.07) is 8.14. The van der Waals surface area contributed by atoms with E-state index in [0.717, 1.165) is 24.7 Å². The lowest BCUT2D eigenvalue weighted by Gasteiger charge is -2.20. The van der Waals surface area contributed by atoms with E-state index in [1.165, 1.54) is 25.1 Å². The van der Waals surface area contributed by atoms with E-state index in [2.05, 4.69) is 29.0 Å². The second kappa shape index (κ2) is 5.67. The zero-order chi connectivity index (χ0) is 11.4. The van der Waals surface area contributed by atoms with Crippen LogP contribution in [0.1, 0.15) is 12.0 Å². The van der Waals surface area contributed by atoms with Crippen LogP contribution < -0.4 is 0 Å². The van der Waals surface area contributed by atoms with Gasteiger partial charge in [0.25, 0.3) is 0 Å². The lowest BCUT2D eigenvalue weighted by molar-refractivity contribution is 0.269. The molecule has 0 amide bonds. The zero-order valence-corrected chi connectivity index (χ0v) is 10.6. The topological polar surface area (TPSA) is 6.48 Å². The zero-order valence-electron chi connectivity index (χ0n) is 9.82. The first kappa shape index (κ1) is 11.9. The van der Waals surface area contributed by atoms with E-state index in [-0.39, 0.29) is 0 Å². The Morgan fingerprint density at radius 1 is 1.12 bits per heavy atom. The lowest BCUT2D eigenvalue weighted by atomic mass is 10.2. The van der Waals surface area contributed by atoms with Crippen molar-refractivity contribution in [1.82, 2.24) is 9.80 Å². The Bertz CT molecular complexity index is 340. The van der Waals surface area contributed by atoms with Gasteiger partial charge in [-0.25, -0.2) is 0 Å². The van der Waals surface area contributed by atoms with Crippen LogP contribution >= 0.6 is 11.6 Å². The smallest absolute Gasteiger partial charge is 0.0451 e. The fourth-order valence-corrected chi connectivity index (χ4v) is 2.32. The van der Waals surface area contributed by atoms with Crippen molar-refractivity contribution in [3.05, 3.63) is 34.9 Å². The molecule has 1 aromatic rings. The standard InChI is InChI=1S/C13H19ClN2/c1-15-7-4-8-16(10-9-15)11-12-5-2-3-6-13(12)14/h2-3,5-6H,4,7-11H2,1H3. The molecule has 0 saturated carbocycles. The van der Waals surface area contributed by atoms with Gasteiger partial charge < -0.3 is 4.90 Å². The van der Waals surface area contributed by atoms with Gasteiger partial charge in [-0.05, 0) is 38.2 Å². The van der Waals surface area contributed by atoms with Crippen LogP contribution in [0.15, 0.2) is 24.3 Å². The average molecular weight is 239 g/mol. The lowest BCUT2D eigenvalue weighted by Crippen LogP contribution is -2.28. The minimum Gasteiger partial charge on any atom is -0.305 e. The largest absolute Gasteiger partial charge is 0.305 e. The maximum Gasteiger partial charge on any atom is 0.0451 e. The summed E-state index contributed by atoms with van der Waals surface area (Å²) in [5.41, 5.74) is 1.24. The van der Waals surface area contributed by atoms with E-state index in [1.807, 2.05) is 12.1 Å². The van der Waals surface area contributed by atoms with Crippen molar-refractivity contribution in [2.24, 2.45) is 0 Å². The van der Waals surface area contributed by atoms with Crippen LogP contribution in [-0.4, -0.2) is 43.0 Å². The number of nitrogens with zero attached hydrogens (tertiary/aromatic N) is 2. The van der Waals surface area contributed by atoms with Gasteiger partial charge in [-0.1, -0.05) is 29.8 Å². The third-order valence-corrected chi connectivity index (χ3v) is 3.53. The van der Waals surface area contributed by atoms with Crippen molar-refractivity contribution in [3.8, 4) is 0 Å². The molecule has 1 aliphatic heterocycles. The van der Waals surface area contributed by atoms with Crippen LogP contribution in [0.4, 0.5) is 0 Å². The molecule has 0 N–H and O–H groups in total. The third-order valence-electron chi connectivity index (χ3n) is 3.16. The average Bonchev–Trinajstić information content (AvgIpc) is 2.47. The molecule has 1 heterocycles. The van der Waals surface area contributed by atoms with Crippen molar-refractivity contribution in [2.75, 3.05) is 33.2 Å². The molecule has 0 unspecified atom stereocenters. The summed E-state index contributed by atoms with van der Waals surface area (Å²) < 4.78 is 0. The van der Waals surface area contributed by atoms with Gasteiger partial charge in [0, 0.05) is 24.7 Å². The molecule has 1 aromatic carbocycles. The molecule has 1 saturated heterocycles. The minimum absolute atomic E-state index is 0.889. The van der Waals surface area contributed by atoms with Crippen molar-refractivity contribution in [3.63, 3.8) is 0 Å². The van der Waals surface area contributed by atoms with Crippen molar-refractivity contribution in [1.29, 1.82) is 0 Å². The Balaban J connectivity index is 1.96. The molecule has 1 aliphatic rings. The normalized spacial score (nSPS) is 19.6. The van der Waals surface area contributed by atoms with E-state index >= 15 is 0 Å². The Kier molecular flexibility index (Phi) is 4.22. The summed E-state index contributed by atoms with van der Waals surface area (Å²) in [6.45, 7) is 5.66. The van der Waals surface area contributed by atoms with Crippen LogP contribution in [0.25, 0.3) is 0 Å². The second-order valence-electron chi connectivity index (χ2n) is 4.52. The first-order valence-corrected chi connectivity index (χ1v) is 6.28. The molecule has 16 heavy (non-hydrogen) atoms. The first-order chi connectivity index (χ1) is 7.75.